The molecule has 6 heteroatoms. The van der Waals surface area contributed by atoms with E-state index in [2.05, 4.69) is 0 Å². The lowest BCUT2D eigenvalue weighted by Crippen LogP contribution is -2.11. The van der Waals surface area contributed by atoms with Gasteiger partial charge in [-0.2, -0.15) is 0 Å². The lowest BCUT2D eigenvalue weighted by molar-refractivity contribution is 0.0732. The number of hydrogen-bond donors (Lipinski definition) is 0. The van der Waals surface area contributed by atoms with Crippen molar-refractivity contribution in [2.24, 2.45) is 0 Å². The third kappa shape index (κ3) is 5.05. The molecule has 0 atom stereocenters. The standard InChI is InChI=1S/C24H18O6/c1-15(25)17-9-11-18(12-10-17)23(27)29-21-7-4-8-22(14-21)30-24(28)20-6-3-5-19(13-20)16(2)26/h3-14H,1-2H3. The fourth-order valence-corrected chi connectivity index (χ4v) is 2.64. The Morgan fingerprint density at radius 1 is 0.533 bits per heavy atom. The largest absolute Gasteiger partial charge is 0.423 e. The summed E-state index contributed by atoms with van der Waals surface area (Å²) in [6.45, 7) is 2.85. The van der Waals surface area contributed by atoms with E-state index >= 15 is 0 Å². The van der Waals surface area contributed by atoms with Crippen molar-refractivity contribution in [3.8, 4) is 11.5 Å². The van der Waals surface area contributed by atoms with E-state index in [4.69, 9.17) is 9.47 Å². The lowest BCUT2D eigenvalue weighted by atomic mass is 10.1. The van der Waals surface area contributed by atoms with Crippen LogP contribution in [0.1, 0.15) is 55.3 Å². The molecule has 0 fully saturated rings. The topological polar surface area (TPSA) is 86.7 Å². The molecule has 3 aromatic rings. The van der Waals surface area contributed by atoms with E-state index in [9.17, 15) is 19.2 Å². The van der Waals surface area contributed by atoms with E-state index < -0.39 is 11.9 Å². The molecule has 0 amide bonds. The highest BCUT2D eigenvalue weighted by atomic mass is 16.5. The van der Waals surface area contributed by atoms with Gasteiger partial charge in [-0.15, -0.1) is 0 Å². The zero-order valence-corrected chi connectivity index (χ0v) is 16.4. The molecule has 30 heavy (non-hydrogen) atoms. The van der Waals surface area contributed by atoms with Crippen molar-refractivity contribution in [1.82, 2.24) is 0 Å². The van der Waals surface area contributed by atoms with Crippen LogP contribution in [0.15, 0.2) is 72.8 Å². The number of esters is 2. The minimum Gasteiger partial charge on any atom is -0.423 e. The molecule has 0 radical (unpaired) electrons. The molecular formula is C24H18O6. The maximum absolute atomic E-state index is 12.4. The van der Waals surface area contributed by atoms with Crippen molar-refractivity contribution < 1.29 is 28.7 Å². The molecule has 0 saturated carbocycles. The van der Waals surface area contributed by atoms with E-state index in [-0.39, 0.29) is 34.2 Å². The second-order valence-corrected chi connectivity index (χ2v) is 6.52. The Bertz CT molecular complexity index is 1130. The Morgan fingerprint density at radius 2 is 1.00 bits per heavy atom. The van der Waals surface area contributed by atoms with Gasteiger partial charge in [-0.05, 0) is 50.2 Å². The highest BCUT2D eigenvalue weighted by molar-refractivity contribution is 5.98. The summed E-state index contributed by atoms with van der Waals surface area (Å²) in [6, 6.07) is 18.4. The highest BCUT2D eigenvalue weighted by Gasteiger charge is 2.13. The Hall–Kier alpha value is -4.06. The summed E-state index contributed by atoms with van der Waals surface area (Å²) in [5.41, 5.74) is 1.41. The van der Waals surface area contributed by atoms with Crippen LogP contribution in [0.4, 0.5) is 0 Å². The van der Waals surface area contributed by atoms with Crippen LogP contribution < -0.4 is 9.47 Å². The number of rotatable bonds is 6. The normalized spacial score (nSPS) is 10.2. The fraction of sp³-hybridized carbons (Fsp3) is 0.0833. The average molecular weight is 402 g/mol. The van der Waals surface area contributed by atoms with Gasteiger partial charge in [0.2, 0.25) is 0 Å². The van der Waals surface area contributed by atoms with Crippen molar-refractivity contribution in [2.45, 2.75) is 13.8 Å². The van der Waals surface area contributed by atoms with Crippen LogP contribution in [-0.2, 0) is 0 Å². The van der Waals surface area contributed by atoms with Gasteiger partial charge in [0.25, 0.3) is 0 Å². The van der Waals surface area contributed by atoms with E-state index in [0.29, 0.717) is 11.1 Å². The first-order chi connectivity index (χ1) is 14.3. The first-order valence-electron chi connectivity index (χ1n) is 9.10. The van der Waals surface area contributed by atoms with Crippen LogP contribution in [0.5, 0.6) is 11.5 Å². The molecule has 6 nitrogen and oxygen atoms in total. The van der Waals surface area contributed by atoms with E-state index in [1.165, 1.54) is 38.1 Å². The highest BCUT2D eigenvalue weighted by Crippen LogP contribution is 2.22. The quantitative estimate of drug-likeness (QED) is 0.342. The summed E-state index contributed by atoms with van der Waals surface area (Å²) in [4.78, 5) is 47.5. The number of ether oxygens (including phenoxy) is 2. The van der Waals surface area contributed by atoms with E-state index in [1.54, 1.807) is 48.5 Å². The smallest absolute Gasteiger partial charge is 0.343 e. The number of Topliss-reactive ketones (excluding diaryl/α,β-unsaturated/α-hetero) is 2. The summed E-state index contributed by atoms with van der Waals surface area (Å²) >= 11 is 0. The number of carbonyl (C=O) groups excluding carboxylic acids is 4. The van der Waals surface area contributed by atoms with Crippen LogP contribution in [-0.4, -0.2) is 23.5 Å². The van der Waals surface area contributed by atoms with Crippen LogP contribution in [0, 0.1) is 0 Å². The first kappa shape index (κ1) is 20.7. The van der Waals surface area contributed by atoms with Gasteiger partial charge in [0.05, 0.1) is 11.1 Å². The molecule has 0 spiro atoms. The molecule has 0 unspecified atom stereocenters. The predicted molar refractivity (Wildman–Crippen MR) is 109 cm³/mol. The Balaban J connectivity index is 1.70. The summed E-state index contributed by atoms with van der Waals surface area (Å²) in [7, 11) is 0. The monoisotopic (exact) mass is 402 g/mol. The van der Waals surface area contributed by atoms with Crippen LogP contribution in [0.3, 0.4) is 0 Å². The fourth-order valence-electron chi connectivity index (χ4n) is 2.64. The molecule has 0 aromatic heterocycles. The maximum Gasteiger partial charge on any atom is 0.343 e. The molecule has 3 aromatic carbocycles. The molecular weight excluding hydrogens is 384 g/mol. The van der Waals surface area contributed by atoms with E-state index in [0.717, 1.165) is 0 Å². The van der Waals surface area contributed by atoms with Crippen molar-refractivity contribution >= 4 is 23.5 Å². The molecule has 0 saturated heterocycles. The van der Waals surface area contributed by atoms with Gasteiger partial charge < -0.3 is 9.47 Å². The average Bonchev–Trinajstić information content (AvgIpc) is 2.74. The first-order valence-corrected chi connectivity index (χ1v) is 9.10. The minimum atomic E-state index is -0.638. The van der Waals surface area contributed by atoms with Crippen molar-refractivity contribution in [2.75, 3.05) is 0 Å². The minimum absolute atomic E-state index is 0.0988. The molecule has 0 bridgehead atoms. The second-order valence-electron chi connectivity index (χ2n) is 6.52. The Morgan fingerprint density at radius 3 is 1.57 bits per heavy atom. The van der Waals surface area contributed by atoms with Crippen LogP contribution >= 0.6 is 0 Å². The number of carbonyl (C=O) groups is 4. The van der Waals surface area contributed by atoms with Crippen LogP contribution in [0.25, 0.3) is 0 Å². The second kappa shape index (κ2) is 8.96. The number of ketones is 2. The maximum atomic E-state index is 12.4. The van der Waals surface area contributed by atoms with Crippen LogP contribution in [0.2, 0.25) is 0 Å². The summed E-state index contributed by atoms with van der Waals surface area (Å²) in [5, 5.41) is 0. The van der Waals surface area contributed by atoms with E-state index in [1.807, 2.05) is 0 Å². The third-order valence-electron chi connectivity index (χ3n) is 4.26. The summed E-state index contributed by atoms with van der Waals surface area (Å²) in [6.07, 6.45) is 0. The molecule has 0 aliphatic heterocycles. The van der Waals surface area contributed by atoms with Crippen molar-refractivity contribution in [3.63, 3.8) is 0 Å². The van der Waals surface area contributed by atoms with Crippen molar-refractivity contribution in [1.29, 1.82) is 0 Å². The molecule has 0 N–H and O–H groups in total. The molecule has 150 valence electrons. The summed E-state index contributed by atoms with van der Waals surface area (Å²) in [5.74, 6) is -1.12. The van der Waals surface area contributed by atoms with Gasteiger partial charge in [-0.3, -0.25) is 9.59 Å². The lowest BCUT2D eigenvalue weighted by Gasteiger charge is -2.08. The Labute approximate surface area is 173 Å². The molecule has 0 aliphatic carbocycles. The van der Waals surface area contributed by atoms with Gasteiger partial charge in [0, 0.05) is 17.2 Å². The van der Waals surface area contributed by atoms with Gasteiger partial charge >= 0.3 is 11.9 Å². The zero-order valence-electron chi connectivity index (χ0n) is 16.4. The zero-order chi connectivity index (χ0) is 21.7. The number of hydrogen-bond acceptors (Lipinski definition) is 6. The van der Waals surface area contributed by atoms with Gasteiger partial charge in [0.15, 0.2) is 11.6 Å². The molecule has 3 rings (SSSR count). The number of benzene rings is 3. The third-order valence-corrected chi connectivity index (χ3v) is 4.26. The van der Waals surface area contributed by atoms with Gasteiger partial charge in [0.1, 0.15) is 11.5 Å². The summed E-state index contributed by atoms with van der Waals surface area (Å²) < 4.78 is 10.6. The molecule has 0 aliphatic rings. The Kier molecular flexibility index (Phi) is 6.17. The van der Waals surface area contributed by atoms with Crippen molar-refractivity contribution in [3.05, 3.63) is 95.1 Å². The predicted octanol–water partition coefficient (Wildman–Crippen LogP) is 4.53. The molecule has 0 heterocycles. The van der Waals surface area contributed by atoms with Gasteiger partial charge in [-0.25, -0.2) is 9.59 Å². The SMILES string of the molecule is CC(=O)c1ccc(C(=O)Oc2cccc(OC(=O)c3cccc(C(C)=O)c3)c2)cc1. The van der Waals surface area contributed by atoms with Gasteiger partial charge in [-0.1, -0.05) is 30.3 Å².